The third kappa shape index (κ3) is 4.89. The van der Waals surface area contributed by atoms with Crippen LogP contribution < -0.4 is 5.56 Å². The first-order chi connectivity index (χ1) is 11.7. The maximum Gasteiger partial charge on any atom is 0.253 e. The van der Waals surface area contributed by atoms with Crippen LogP contribution in [0.4, 0.5) is 0 Å². The molecule has 0 spiro atoms. The standard InChI is InChI=1S/C18H31N5O2/c1-13(2)20(5)10-15-9-17(24)23-8-7-22(11-16(23)19-15)18(25)12-21(6)14(3)4/h9,13-14H,7-8,10-12H2,1-6H3. The molecule has 0 aromatic carbocycles. The molecule has 0 atom stereocenters. The molecule has 1 amide bonds. The number of rotatable bonds is 6. The van der Waals surface area contributed by atoms with Gasteiger partial charge in [-0.15, -0.1) is 0 Å². The molecule has 7 nitrogen and oxygen atoms in total. The molecule has 2 rings (SSSR count). The number of hydrogen-bond donors (Lipinski definition) is 0. The third-order valence-electron chi connectivity index (χ3n) is 4.98. The molecule has 0 unspecified atom stereocenters. The number of carbonyl (C=O) groups excluding carboxylic acids is 1. The molecule has 0 radical (unpaired) electrons. The van der Waals surface area contributed by atoms with Crippen molar-refractivity contribution in [3.8, 4) is 0 Å². The number of likely N-dealkylation sites (N-methyl/N-ethyl adjacent to an activating group) is 1. The number of amides is 1. The molecule has 0 aliphatic carbocycles. The van der Waals surface area contributed by atoms with Crippen LogP contribution in [0.5, 0.6) is 0 Å². The lowest BCUT2D eigenvalue weighted by Crippen LogP contribution is -2.47. The van der Waals surface area contributed by atoms with Crippen molar-refractivity contribution in [2.75, 3.05) is 27.2 Å². The lowest BCUT2D eigenvalue weighted by Gasteiger charge is -2.31. The molecular formula is C18H31N5O2. The van der Waals surface area contributed by atoms with Crippen LogP contribution >= 0.6 is 0 Å². The fraction of sp³-hybridized carbons (Fsp3) is 0.722. The van der Waals surface area contributed by atoms with Crippen LogP contribution in [0.1, 0.15) is 39.2 Å². The van der Waals surface area contributed by atoms with Gasteiger partial charge in [-0.05, 0) is 41.8 Å². The van der Waals surface area contributed by atoms with Crippen LogP contribution in [0.25, 0.3) is 0 Å². The zero-order valence-electron chi connectivity index (χ0n) is 16.3. The Morgan fingerprint density at radius 2 is 1.80 bits per heavy atom. The highest BCUT2D eigenvalue weighted by Crippen LogP contribution is 2.11. The lowest BCUT2D eigenvalue weighted by atomic mass is 10.2. The molecule has 0 saturated heterocycles. The van der Waals surface area contributed by atoms with Gasteiger partial charge in [-0.2, -0.15) is 0 Å². The van der Waals surface area contributed by atoms with E-state index in [0.29, 0.717) is 50.6 Å². The molecule has 0 fully saturated rings. The Morgan fingerprint density at radius 1 is 1.16 bits per heavy atom. The molecule has 1 aliphatic rings. The maximum atomic E-state index is 12.5. The van der Waals surface area contributed by atoms with E-state index in [1.54, 1.807) is 15.5 Å². The Kier molecular flexibility index (Phi) is 6.35. The Labute approximate surface area is 150 Å². The van der Waals surface area contributed by atoms with Crippen molar-refractivity contribution in [2.24, 2.45) is 0 Å². The van der Waals surface area contributed by atoms with Gasteiger partial charge in [-0.25, -0.2) is 4.98 Å². The van der Waals surface area contributed by atoms with Gasteiger partial charge in [0.05, 0.1) is 18.8 Å². The Bertz CT molecular complexity index is 668. The second-order valence-corrected chi connectivity index (χ2v) is 7.49. The summed E-state index contributed by atoms with van der Waals surface area (Å²) in [5, 5.41) is 0. The van der Waals surface area contributed by atoms with Crippen molar-refractivity contribution in [3.63, 3.8) is 0 Å². The predicted octanol–water partition coefficient (Wildman–Crippen LogP) is 0.766. The van der Waals surface area contributed by atoms with Crippen molar-refractivity contribution < 1.29 is 4.79 Å². The van der Waals surface area contributed by atoms with E-state index >= 15 is 0 Å². The summed E-state index contributed by atoms with van der Waals surface area (Å²) in [7, 11) is 3.96. The molecule has 1 aromatic heterocycles. The van der Waals surface area contributed by atoms with Gasteiger partial charge in [-0.1, -0.05) is 0 Å². The average molecular weight is 349 g/mol. The summed E-state index contributed by atoms with van der Waals surface area (Å²) in [5.74, 6) is 0.771. The maximum absolute atomic E-state index is 12.5. The van der Waals surface area contributed by atoms with Crippen LogP contribution in [0.2, 0.25) is 0 Å². The zero-order valence-corrected chi connectivity index (χ0v) is 16.3. The number of carbonyl (C=O) groups is 1. The number of hydrogen-bond acceptors (Lipinski definition) is 5. The highest BCUT2D eigenvalue weighted by Gasteiger charge is 2.24. The van der Waals surface area contributed by atoms with Crippen LogP contribution in [-0.2, 0) is 24.4 Å². The number of aromatic nitrogens is 2. The second kappa shape index (κ2) is 8.10. The fourth-order valence-corrected chi connectivity index (χ4v) is 2.66. The topological polar surface area (TPSA) is 61.7 Å². The Morgan fingerprint density at radius 3 is 2.40 bits per heavy atom. The fourth-order valence-electron chi connectivity index (χ4n) is 2.66. The zero-order chi connectivity index (χ0) is 18.7. The summed E-state index contributed by atoms with van der Waals surface area (Å²) >= 11 is 0. The molecule has 25 heavy (non-hydrogen) atoms. The van der Waals surface area contributed by atoms with Gasteiger partial charge in [0, 0.05) is 37.8 Å². The van der Waals surface area contributed by atoms with E-state index in [9.17, 15) is 9.59 Å². The summed E-state index contributed by atoms with van der Waals surface area (Å²) in [5.41, 5.74) is 0.740. The lowest BCUT2D eigenvalue weighted by molar-refractivity contribution is -0.134. The highest BCUT2D eigenvalue weighted by molar-refractivity contribution is 5.78. The minimum absolute atomic E-state index is 0.0245. The van der Waals surface area contributed by atoms with E-state index in [1.807, 2.05) is 19.0 Å². The molecule has 0 bridgehead atoms. The van der Waals surface area contributed by atoms with E-state index in [0.717, 1.165) is 5.69 Å². The Balaban J connectivity index is 2.14. The van der Waals surface area contributed by atoms with Gasteiger partial charge in [-0.3, -0.25) is 24.0 Å². The first kappa shape index (κ1) is 19.6. The quantitative estimate of drug-likeness (QED) is 0.759. The minimum Gasteiger partial charge on any atom is -0.332 e. The monoisotopic (exact) mass is 349 g/mol. The summed E-state index contributed by atoms with van der Waals surface area (Å²) in [6.45, 7) is 10.8. The third-order valence-corrected chi connectivity index (χ3v) is 4.98. The van der Waals surface area contributed by atoms with Crippen LogP contribution in [0, 0.1) is 0 Å². The van der Waals surface area contributed by atoms with Gasteiger partial charge in [0.15, 0.2) is 0 Å². The summed E-state index contributed by atoms with van der Waals surface area (Å²) in [6.07, 6.45) is 0. The van der Waals surface area contributed by atoms with Crippen molar-refractivity contribution in [1.29, 1.82) is 0 Å². The van der Waals surface area contributed by atoms with Crippen LogP contribution in [0.15, 0.2) is 10.9 Å². The first-order valence-corrected chi connectivity index (χ1v) is 8.97. The van der Waals surface area contributed by atoms with Crippen molar-refractivity contribution in [3.05, 3.63) is 27.9 Å². The van der Waals surface area contributed by atoms with E-state index in [1.165, 1.54) is 0 Å². The van der Waals surface area contributed by atoms with Gasteiger partial charge in [0.1, 0.15) is 5.82 Å². The van der Waals surface area contributed by atoms with Crippen molar-refractivity contribution >= 4 is 5.91 Å². The van der Waals surface area contributed by atoms with Gasteiger partial charge < -0.3 is 4.90 Å². The van der Waals surface area contributed by atoms with Crippen molar-refractivity contribution in [1.82, 2.24) is 24.3 Å². The molecule has 1 aliphatic heterocycles. The van der Waals surface area contributed by atoms with Gasteiger partial charge in [0.25, 0.3) is 5.56 Å². The van der Waals surface area contributed by atoms with Crippen LogP contribution in [-0.4, -0.2) is 69.4 Å². The van der Waals surface area contributed by atoms with E-state index in [-0.39, 0.29) is 11.5 Å². The largest absolute Gasteiger partial charge is 0.332 e. The molecule has 2 heterocycles. The summed E-state index contributed by atoms with van der Waals surface area (Å²) < 4.78 is 1.69. The number of fused-ring (bicyclic) bond motifs is 1. The first-order valence-electron chi connectivity index (χ1n) is 8.97. The van der Waals surface area contributed by atoms with E-state index in [2.05, 4.69) is 37.6 Å². The van der Waals surface area contributed by atoms with Crippen LogP contribution in [0.3, 0.4) is 0 Å². The smallest absolute Gasteiger partial charge is 0.253 e. The molecule has 0 N–H and O–H groups in total. The van der Waals surface area contributed by atoms with E-state index < -0.39 is 0 Å². The second-order valence-electron chi connectivity index (χ2n) is 7.49. The molecule has 1 aromatic rings. The van der Waals surface area contributed by atoms with Gasteiger partial charge >= 0.3 is 0 Å². The summed E-state index contributed by atoms with van der Waals surface area (Å²) in [6, 6.07) is 2.32. The Hall–Kier alpha value is -1.73. The van der Waals surface area contributed by atoms with E-state index in [4.69, 9.17) is 0 Å². The molecule has 140 valence electrons. The average Bonchev–Trinajstić information content (AvgIpc) is 2.53. The highest BCUT2D eigenvalue weighted by atomic mass is 16.2. The molecule has 7 heteroatoms. The molecule has 0 saturated carbocycles. The minimum atomic E-state index is -0.0245. The van der Waals surface area contributed by atoms with Crippen molar-refractivity contribution in [2.45, 2.75) is 59.4 Å². The SMILES string of the molecule is CC(C)N(C)CC(=O)N1CCn2c(nc(CN(C)C(C)C)cc2=O)C1. The van der Waals surface area contributed by atoms with Gasteiger partial charge in [0.2, 0.25) is 5.91 Å². The molecular weight excluding hydrogens is 318 g/mol. The summed E-state index contributed by atoms with van der Waals surface area (Å²) in [4.78, 5) is 35.5. The number of nitrogens with zero attached hydrogens (tertiary/aromatic N) is 5. The predicted molar refractivity (Wildman–Crippen MR) is 98.3 cm³/mol. The normalized spacial score (nSPS) is 14.7.